The second-order valence-corrected chi connectivity index (χ2v) is 12.0. The SMILES string of the molecule is CCCCCCCCCCCCCCCOCCOCCOCCOCCOCCOCCOCCOCCOCCOCCOCCCl. The molecule has 0 unspecified atom stereocenters. The quantitative estimate of drug-likeness (QED) is 0.0507. The van der Waals surface area contributed by atoms with Crippen LogP contribution in [0.15, 0.2) is 0 Å². The summed E-state index contributed by atoms with van der Waals surface area (Å²) in [7, 11) is 0. The molecule has 0 heterocycles. The van der Waals surface area contributed by atoms with Gasteiger partial charge < -0.3 is 52.1 Å². The van der Waals surface area contributed by atoms with Gasteiger partial charge in [-0.1, -0.05) is 84.0 Å². The molecule has 0 spiro atoms. The lowest BCUT2D eigenvalue weighted by atomic mass is 10.0. The number of ether oxygens (including phenoxy) is 11. The Morgan fingerprint density at radius 1 is 0.224 bits per heavy atom. The van der Waals surface area contributed by atoms with Crippen molar-refractivity contribution in [1.29, 1.82) is 0 Å². The molecule has 12 heteroatoms. The van der Waals surface area contributed by atoms with Gasteiger partial charge >= 0.3 is 0 Å². The first-order valence-corrected chi connectivity index (χ1v) is 19.9. The van der Waals surface area contributed by atoms with Crippen molar-refractivity contribution in [3.05, 3.63) is 0 Å². The molecular weight excluding hydrogens is 656 g/mol. The fraction of sp³-hybridized carbons (Fsp3) is 1.00. The van der Waals surface area contributed by atoms with E-state index in [1.165, 1.54) is 77.0 Å². The van der Waals surface area contributed by atoms with E-state index < -0.39 is 0 Å². The first-order chi connectivity index (χ1) is 24.4. The number of hydrogen-bond donors (Lipinski definition) is 0. The van der Waals surface area contributed by atoms with Gasteiger partial charge in [-0.25, -0.2) is 0 Å². The second kappa shape index (κ2) is 47.8. The zero-order chi connectivity index (χ0) is 35.2. The number of hydrogen-bond acceptors (Lipinski definition) is 11. The fourth-order valence-electron chi connectivity index (χ4n) is 4.58. The maximum Gasteiger partial charge on any atom is 0.0701 e. The molecule has 0 rings (SSSR count). The molecule has 0 aromatic rings. The van der Waals surface area contributed by atoms with Crippen LogP contribution in [0.2, 0.25) is 0 Å². The summed E-state index contributed by atoms with van der Waals surface area (Å²) < 4.78 is 60.2. The summed E-state index contributed by atoms with van der Waals surface area (Å²) in [6.45, 7) is 14.6. The average Bonchev–Trinajstić information content (AvgIpc) is 3.11. The van der Waals surface area contributed by atoms with E-state index in [4.69, 9.17) is 63.7 Å². The van der Waals surface area contributed by atoms with Crippen molar-refractivity contribution in [2.75, 3.05) is 151 Å². The van der Waals surface area contributed by atoms with Gasteiger partial charge in [-0.3, -0.25) is 0 Å². The van der Waals surface area contributed by atoms with Crippen LogP contribution in [0, 0.1) is 0 Å². The first kappa shape index (κ1) is 48.9. The van der Waals surface area contributed by atoms with Crippen LogP contribution < -0.4 is 0 Å². The Kier molecular flexibility index (Phi) is 47.7. The standard InChI is InChI=1S/C37H75ClO11/c1-2-3-4-5-6-7-8-9-10-11-12-13-14-16-39-18-20-41-22-24-43-26-28-45-30-32-47-34-36-49-37-35-48-33-31-46-29-27-44-25-23-42-21-19-40-17-15-38/h2-37H2,1H3. The van der Waals surface area contributed by atoms with Gasteiger partial charge in [0.25, 0.3) is 0 Å². The van der Waals surface area contributed by atoms with Crippen LogP contribution in [-0.2, 0) is 52.1 Å². The van der Waals surface area contributed by atoms with E-state index in [-0.39, 0.29) is 0 Å². The van der Waals surface area contributed by atoms with Crippen molar-refractivity contribution in [3.8, 4) is 0 Å². The van der Waals surface area contributed by atoms with E-state index in [2.05, 4.69) is 6.92 Å². The molecule has 49 heavy (non-hydrogen) atoms. The Bertz CT molecular complexity index is 520. The molecule has 0 saturated carbocycles. The lowest BCUT2D eigenvalue weighted by Gasteiger charge is -2.09. The van der Waals surface area contributed by atoms with E-state index in [0.717, 1.165) is 13.0 Å². The summed E-state index contributed by atoms with van der Waals surface area (Å²) in [5.74, 6) is 0.501. The molecule has 0 bridgehead atoms. The highest BCUT2D eigenvalue weighted by Gasteiger charge is 1.98. The van der Waals surface area contributed by atoms with Gasteiger partial charge in [-0.05, 0) is 6.42 Å². The van der Waals surface area contributed by atoms with Gasteiger partial charge in [0.15, 0.2) is 0 Å². The zero-order valence-electron chi connectivity index (χ0n) is 31.3. The Morgan fingerprint density at radius 3 is 0.633 bits per heavy atom. The smallest absolute Gasteiger partial charge is 0.0701 e. The van der Waals surface area contributed by atoms with Crippen molar-refractivity contribution in [1.82, 2.24) is 0 Å². The molecule has 0 aliphatic heterocycles. The van der Waals surface area contributed by atoms with Gasteiger partial charge in [0, 0.05) is 12.5 Å². The van der Waals surface area contributed by atoms with Crippen molar-refractivity contribution in [3.63, 3.8) is 0 Å². The summed E-state index contributed by atoms with van der Waals surface area (Å²) in [4.78, 5) is 0. The highest BCUT2D eigenvalue weighted by Crippen LogP contribution is 2.12. The summed E-state index contributed by atoms with van der Waals surface area (Å²) in [5.41, 5.74) is 0. The summed E-state index contributed by atoms with van der Waals surface area (Å²) >= 11 is 5.52. The monoisotopic (exact) mass is 730 g/mol. The van der Waals surface area contributed by atoms with Crippen LogP contribution >= 0.6 is 11.6 Å². The normalized spacial score (nSPS) is 11.6. The predicted molar refractivity (Wildman–Crippen MR) is 195 cm³/mol. The molecule has 0 N–H and O–H groups in total. The van der Waals surface area contributed by atoms with Gasteiger partial charge in [0.1, 0.15) is 0 Å². The first-order valence-electron chi connectivity index (χ1n) is 19.3. The summed E-state index contributed by atoms with van der Waals surface area (Å²) in [5, 5.41) is 0. The van der Waals surface area contributed by atoms with E-state index in [9.17, 15) is 0 Å². The molecule has 0 saturated heterocycles. The van der Waals surface area contributed by atoms with Crippen molar-refractivity contribution < 1.29 is 52.1 Å². The van der Waals surface area contributed by atoms with E-state index in [0.29, 0.717) is 145 Å². The molecule has 11 nitrogen and oxygen atoms in total. The van der Waals surface area contributed by atoms with E-state index in [1.807, 2.05) is 0 Å². The minimum atomic E-state index is 0.501. The highest BCUT2D eigenvalue weighted by atomic mass is 35.5. The molecule has 0 aliphatic carbocycles. The van der Waals surface area contributed by atoms with Crippen LogP contribution in [-0.4, -0.2) is 151 Å². The summed E-state index contributed by atoms with van der Waals surface area (Å²) in [6, 6.07) is 0. The lowest BCUT2D eigenvalue weighted by molar-refractivity contribution is -0.0274. The molecule has 0 aromatic heterocycles. The van der Waals surface area contributed by atoms with Crippen molar-refractivity contribution in [2.24, 2.45) is 0 Å². The predicted octanol–water partition coefficient (Wildman–Crippen LogP) is 6.50. The molecular formula is C37H75ClO11. The van der Waals surface area contributed by atoms with Gasteiger partial charge in [0.2, 0.25) is 0 Å². The largest absolute Gasteiger partial charge is 0.379 e. The Labute approximate surface area is 304 Å². The average molecular weight is 731 g/mol. The topological polar surface area (TPSA) is 102 Å². The van der Waals surface area contributed by atoms with Crippen LogP contribution in [0.3, 0.4) is 0 Å². The van der Waals surface area contributed by atoms with E-state index in [1.54, 1.807) is 0 Å². The van der Waals surface area contributed by atoms with Gasteiger partial charge in [-0.15, -0.1) is 11.6 Å². The van der Waals surface area contributed by atoms with Crippen LogP contribution in [0.1, 0.15) is 90.4 Å². The lowest BCUT2D eigenvalue weighted by Crippen LogP contribution is -2.15. The molecule has 296 valence electrons. The number of alkyl halides is 1. The van der Waals surface area contributed by atoms with Crippen LogP contribution in [0.5, 0.6) is 0 Å². The zero-order valence-corrected chi connectivity index (χ0v) is 32.1. The van der Waals surface area contributed by atoms with E-state index >= 15 is 0 Å². The number of rotatable bonds is 46. The third kappa shape index (κ3) is 47.8. The molecule has 0 atom stereocenters. The minimum Gasteiger partial charge on any atom is -0.379 e. The van der Waals surface area contributed by atoms with Crippen molar-refractivity contribution >= 4 is 11.6 Å². The maximum atomic E-state index is 5.67. The van der Waals surface area contributed by atoms with Crippen LogP contribution in [0.4, 0.5) is 0 Å². The van der Waals surface area contributed by atoms with Crippen molar-refractivity contribution in [2.45, 2.75) is 90.4 Å². The fourth-order valence-corrected chi connectivity index (χ4v) is 4.69. The Balaban J connectivity index is 3.04. The maximum absolute atomic E-state index is 5.67. The molecule has 0 aliphatic rings. The number of unbranched alkanes of at least 4 members (excludes halogenated alkanes) is 12. The Morgan fingerprint density at radius 2 is 0.408 bits per heavy atom. The molecule has 0 fully saturated rings. The third-order valence-electron chi connectivity index (χ3n) is 7.33. The molecule has 0 radical (unpaired) electrons. The van der Waals surface area contributed by atoms with Gasteiger partial charge in [-0.2, -0.15) is 0 Å². The molecule has 0 amide bonds. The summed E-state index contributed by atoms with van der Waals surface area (Å²) in [6.07, 6.45) is 17.8. The number of halogens is 1. The van der Waals surface area contributed by atoms with Crippen LogP contribution in [0.25, 0.3) is 0 Å². The minimum absolute atomic E-state index is 0.501. The third-order valence-corrected chi connectivity index (χ3v) is 7.49. The Hall–Kier alpha value is -0.150. The van der Waals surface area contributed by atoms with Gasteiger partial charge in [0.05, 0.1) is 139 Å². The second-order valence-electron chi connectivity index (χ2n) is 11.7. The molecule has 0 aromatic carbocycles. The highest BCUT2D eigenvalue weighted by molar-refractivity contribution is 6.17.